The number of benzene rings is 1. The minimum atomic E-state index is -1.84. The number of halogens is 3. The van der Waals surface area contributed by atoms with Gasteiger partial charge in [0.05, 0.1) is 17.3 Å². The molecular weight excluding hydrogens is 605 g/mol. The van der Waals surface area contributed by atoms with Crippen LogP contribution < -0.4 is 15.4 Å². The summed E-state index contributed by atoms with van der Waals surface area (Å²) in [5.41, 5.74) is 1.59. The number of likely N-dealkylation sites (tertiary alicyclic amines) is 1. The van der Waals surface area contributed by atoms with E-state index in [4.69, 9.17) is 21.1 Å². The number of carbonyl (C=O) groups excluding carboxylic acids is 2. The number of hydrogen-bond donors (Lipinski definition) is 2. The number of nitrogens with one attached hydrogen (secondary N) is 2. The molecule has 0 saturated carbocycles. The molecule has 0 spiro atoms. The fourth-order valence-corrected chi connectivity index (χ4v) is 5.54. The maximum Gasteiger partial charge on any atom is 0.246 e. The Bertz CT molecular complexity index is 1360. The van der Waals surface area contributed by atoms with Gasteiger partial charge in [0.1, 0.15) is 29.9 Å². The summed E-state index contributed by atoms with van der Waals surface area (Å²) >= 11 is 9.13. The Kier molecular flexibility index (Phi) is 8.72. The van der Waals surface area contributed by atoms with Gasteiger partial charge in [0.25, 0.3) is 0 Å². The second-order valence-electron chi connectivity index (χ2n) is 9.97. The molecule has 1 aromatic heterocycles. The Morgan fingerprint density at radius 3 is 2.92 bits per heavy atom. The van der Waals surface area contributed by atoms with E-state index in [1.807, 2.05) is 0 Å². The molecule has 0 bridgehead atoms. The van der Waals surface area contributed by atoms with Crippen molar-refractivity contribution in [3.8, 4) is 5.75 Å². The van der Waals surface area contributed by atoms with Crippen LogP contribution in [-0.2, 0) is 14.3 Å². The first-order chi connectivity index (χ1) is 19.2. The third-order valence-corrected chi connectivity index (χ3v) is 8.62. The van der Waals surface area contributed by atoms with Gasteiger partial charge in [0, 0.05) is 42.8 Å². The van der Waals surface area contributed by atoms with E-state index in [0.717, 1.165) is 25.7 Å². The molecule has 1 aliphatic carbocycles. The van der Waals surface area contributed by atoms with Crippen molar-refractivity contribution in [3.63, 3.8) is 0 Å². The lowest BCUT2D eigenvalue weighted by Gasteiger charge is -2.24. The minimum Gasteiger partial charge on any atom is -0.489 e. The van der Waals surface area contributed by atoms with Gasteiger partial charge in [0.2, 0.25) is 16.4 Å². The largest absolute Gasteiger partial charge is 0.489 e. The van der Waals surface area contributed by atoms with Gasteiger partial charge in [-0.15, -0.1) is 11.6 Å². The summed E-state index contributed by atoms with van der Waals surface area (Å²) in [5, 5.41) is 5.84. The van der Waals surface area contributed by atoms with E-state index >= 15 is 0 Å². The third kappa shape index (κ3) is 6.47. The molecule has 2 N–H and O–H groups in total. The van der Waals surface area contributed by atoms with E-state index < -0.39 is 9.96 Å². The van der Waals surface area contributed by atoms with E-state index in [-0.39, 0.29) is 30.4 Å². The zero-order valence-corrected chi connectivity index (χ0v) is 24.1. The van der Waals surface area contributed by atoms with E-state index in [1.165, 1.54) is 18.5 Å². The predicted octanol–water partition coefficient (Wildman–Crippen LogP) is 5.23. The molecule has 212 valence electrons. The first-order valence-electron chi connectivity index (χ1n) is 13.2. The van der Waals surface area contributed by atoms with Crippen molar-refractivity contribution in [2.45, 2.75) is 54.2 Å². The highest BCUT2D eigenvalue weighted by atomic mass is 79.9. The second kappa shape index (κ2) is 12.2. The average Bonchev–Trinajstić information content (AvgIpc) is 3.62. The quantitative estimate of drug-likeness (QED) is 0.288. The highest BCUT2D eigenvalue weighted by molar-refractivity contribution is 9.10. The molecule has 2 amide bonds. The van der Waals surface area contributed by atoms with Crippen molar-refractivity contribution in [3.05, 3.63) is 55.0 Å². The number of rotatable bonds is 9. The fraction of sp³-hybridized carbons (Fsp3) is 0.429. The molecule has 2 fully saturated rings. The van der Waals surface area contributed by atoms with Crippen LogP contribution in [0.5, 0.6) is 5.75 Å². The zero-order chi connectivity index (χ0) is 28.3. The Morgan fingerprint density at radius 2 is 2.17 bits per heavy atom. The highest BCUT2D eigenvalue weighted by Crippen LogP contribution is 2.37. The summed E-state index contributed by atoms with van der Waals surface area (Å²) in [7, 11) is 0. The Balaban J connectivity index is 1.41. The molecule has 4 atom stereocenters. The van der Waals surface area contributed by atoms with Gasteiger partial charge in [-0.1, -0.05) is 6.58 Å². The average molecular weight is 635 g/mol. The smallest absolute Gasteiger partial charge is 0.246 e. The summed E-state index contributed by atoms with van der Waals surface area (Å²) in [4.78, 5) is 35.9. The summed E-state index contributed by atoms with van der Waals surface area (Å²) in [6.45, 7) is 5.21. The number of aromatic nitrogens is 2. The van der Waals surface area contributed by atoms with Crippen molar-refractivity contribution < 1.29 is 23.5 Å². The predicted molar refractivity (Wildman–Crippen MR) is 155 cm³/mol. The van der Waals surface area contributed by atoms with Crippen LogP contribution in [0.1, 0.15) is 32.1 Å². The second-order valence-corrected chi connectivity index (χ2v) is 11.7. The van der Waals surface area contributed by atoms with Gasteiger partial charge in [-0.3, -0.25) is 9.59 Å². The molecule has 5 rings (SSSR count). The molecule has 9 nitrogen and oxygen atoms in total. The Labute approximate surface area is 245 Å². The summed E-state index contributed by atoms with van der Waals surface area (Å²) in [6.07, 6.45) is 10.7. The lowest BCUT2D eigenvalue weighted by molar-refractivity contribution is -0.127. The summed E-state index contributed by atoms with van der Waals surface area (Å²) in [5.74, 6) is 0.474. The van der Waals surface area contributed by atoms with Crippen LogP contribution in [0.3, 0.4) is 0 Å². The number of nitrogens with zero attached hydrogens (tertiary/aromatic N) is 3. The van der Waals surface area contributed by atoms with E-state index in [0.29, 0.717) is 53.6 Å². The topological polar surface area (TPSA) is 106 Å². The number of alkyl halides is 3. The first-order valence-corrected chi connectivity index (χ1v) is 14.4. The molecule has 1 aromatic carbocycles. The highest BCUT2D eigenvalue weighted by Gasteiger charge is 2.34. The first kappa shape index (κ1) is 28.5. The number of amides is 2. The molecule has 12 heteroatoms. The number of fused-ring (bicyclic) bond motifs is 1. The lowest BCUT2D eigenvalue weighted by atomic mass is 10.1. The monoisotopic (exact) mass is 633 g/mol. The molecular formula is C28H30BrClFN5O4. The number of anilines is 2. The van der Waals surface area contributed by atoms with Crippen LogP contribution in [0.4, 0.5) is 15.9 Å². The summed E-state index contributed by atoms with van der Waals surface area (Å²) in [6, 6.07) is 3.29. The molecule has 3 heterocycles. The van der Waals surface area contributed by atoms with Crippen LogP contribution in [-0.4, -0.2) is 68.5 Å². The van der Waals surface area contributed by atoms with Crippen molar-refractivity contribution in [1.82, 2.24) is 14.9 Å². The van der Waals surface area contributed by atoms with Crippen LogP contribution in [0.2, 0.25) is 0 Å². The Hall–Kier alpha value is -3.02. The van der Waals surface area contributed by atoms with E-state index in [2.05, 4.69) is 43.1 Å². The number of hydrogen-bond acceptors (Lipinski definition) is 7. The zero-order valence-electron chi connectivity index (χ0n) is 21.7. The normalized spacial score (nSPS) is 26.0. The van der Waals surface area contributed by atoms with Crippen molar-refractivity contribution in [2.24, 2.45) is 0 Å². The minimum absolute atomic E-state index is 0.0237. The number of ether oxygens (including phenoxy) is 2. The SMILES string of the molecule is C=CC(=O)N1CCC[C@H]1CC(=O)Nc1cc2c(NC3=CC(Cl)C(F)(Br)C=C3)ncnc2cc1OCC1CCCO1. The number of allylic oxidation sites excluding steroid dienone is 3. The van der Waals surface area contributed by atoms with Crippen LogP contribution >= 0.6 is 27.5 Å². The molecule has 3 unspecified atom stereocenters. The van der Waals surface area contributed by atoms with Gasteiger partial charge in [-0.2, -0.15) is 0 Å². The van der Waals surface area contributed by atoms with E-state index in [1.54, 1.807) is 29.2 Å². The molecule has 40 heavy (non-hydrogen) atoms. The van der Waals surface area contributed by atoms with Gasteiger partial charge < -0.3 is 25.0 Å². The molecule has 3 aliphatic rings. The van der Waals surface area contributed by atoms with Crippen LogP contribution in [0, 0.1) is 0 Å². The summed E-state index contributed by atoms with van der Waals surface area (Å²) < 4.78 is 24.4. The molecule has 0 radical (unpaired) electrons. The lowest BCUT2D eigenvalue weighted by Crippen LogP contribution is -2.36. The van der Waals surface area contributed by atoms with Crippen molar-refractivity contribution >= 4 is 61.8 Å². The molecule has 2 aliphatic heterocycles. The maximum atomic E-state index is 14.4. The van der Waals surface area contributed by atoms with Crippen molar-refractivity contribution in [2.75, 3.05) is 30.4 Å². The van der Waals surface area contributed by atoms with Crippen molar-refractivity contribution in [1.29, 1.82) is 0 Å². The van der Waals surface area contributed by atoms with E-state index in [9.17, 15) is 14.0 Å². The van der Waals surface area contributed by atoms with Crippen LogP contribution in [0.15, 0.2) is 55.0 Å². The number of carbonyl (C=O) groups is 2. The fourth-order valence-electron chi connectivity index (χ4n) is 5.07. The maximum absolute atomic E-state index is 14.4. The van der Waals surface area contributed by atoms with Gasteiger partial charge in [-0.05, 0) is 72.0 Å². The van der Waals surface area contributed by atoms with Gasteiger partial charge in [-0.25, -0.2) is 14.4 Å². The van der Waals surface area contributed by atoms with Gasteiger partial charge >= 0.3 is 0 Å². The molecule has 2 aromatic rings. The van der Waals surface area contributed by atoms with Crippen LogP contribution in [0.25, 0.3) is 10.9 Å². The molecule has 2 saturated heterocycles. The Morgan fingerprint density at radius 1 is 1.32 bits per heavy atom. The third-order valence-electron chi connectivity index (χ3n) is 7.16. The standard InChI is InChI=1S/C28H30BrClFN5O4/c1-2-26(38)36-9-3-5-18(36)12-25(37)35-22-13-20-21(14-23(22)40-15-19-6-4-10-39-19)32-16-33-27(20)34-17-7-8-28(29,31)24(30)11-17/h2,7-8,11,13-14,16,18-19,24H,1,3-6,9-10,12,15H2,(H,35,37)(H,32,33,34)/t18-,19?,24?,28?/m0/s1. The van der Waals surface area contributed by atoms with Gasteiger partial charge in [0.15, 0.2) is 0 Å².